The van der Waals surface area contributed by atoms with E-state index in [-0.39, 0.29) is 24.0 Å². The number of piperidine rings is 1. The van der Waals surface area contributed by atoms with Gasteiger partial charge in [-0.05, 0) is 42.9 Å². The summed E-state index contributed by atoms with van der Waals surface area (Å²) in [5.41, 5.74) is 3.47. The number of fused-ring (bicyclic) bond motifs is 1. The predicted octanol–water partition coefficient (Wildman–Crippen LogP) is 4.37. The summed E-state index contributed by atoms with van der Waals surface area (Å²) in [6, 6.07) is 6.05. The normalized spacial score (nSPS) is 24.5. The van der Waals surface area contributed by atoms with E-state index < -0.39 is 0 Å². The van der Waals surface area contributed by atoms with Gasteiger partial charge in [-0.1, -0.05) is 13.3 Å². The molecule has 3 heterocycles. The van der Waals surface area contributed by atoms with Gasteiger partial charge >= 0.3 is 5.97 Å². The van der Waals surface area contributed by atoms with Crippen LogP contribution in [0, 0.1) is 11.8 Å². The number of aldehydes is 1. The molecule has 1 N–H and O–H groups in total. The van der Waals surface area contributed by atoms with Crippen LogP contribution >= 0.6 is 0 Å². The predicted molar refractivity (Wildman–Crippen MR) is 132 cm³/mol. The fourth-order valence-electron chi connectivity index (χ4n) is 5.74. The number of nitrogens with zero attached hydrogens (tertiary/aromatic N) is 1. The maximum Gasteiger partial charge on any atom is 0.337 e. The van der Waals surface area contributed by atoms with Crippen LogP contribution in [0.2, 0.25) is 0 Å². The standard InChI is InChI=1S/C27H34N2O6/c1-5-17-13-29-10-8-24(25(29)12-20(17)22(16-32-2)27(31)34-4)28-23-7-6-19(18-9-11-35-15-18)26(33-3)21(23)14-30/h6-7,9,11,14-17,20,24-25,28H,5,8,10,12-13H2,1-4H3/b22-16+. The van der Waals surface area contributed by atoms with E-state index >= 15 is 0 Å². The maximum absolute atomic E-state index is 12.6. The second kappa shape index (κ2) is 11.0. The van der Waals surface area contributed by atoms with E-state index in [1.807, 2.05) is 18.2 Å². The molecular formula is C27H34N2O6. The van der Waals surface area contributed by atoms with Crippen LogP contribution in [0.15, 0.2) is 47.0 Å². The number of rotatable bonds is 9. The summed E-state index contributed by atoms with van der Waals surface area (Å²) in [4.78, 5) is 27.2. The van der Waals surface area contributed by atoms with Gasteiger partial charge in [-0.3, -0.25) is 9.69 Å². The van der Waals surface area contributed by atoms with Crippen molar-refractivity contribution in [2.45, 2.75) is 38.3 Å². The Morgan fingerprint density at radius 2 is 2.09 bits per heavy atom. The molecule has 0 saturated carbocycles. The molecule has 4 unspecified atom stereocenters. The lowest BCUT2D eigenvalue weighted by molar-refractivity contribution is -0.137. The van der Waals surface area contributed by atoms with Crippen molar-refractivity contribution >= 4 is 17.9 Å². The lowest BCUT2D eigenvalue weighted by Crippen LogP contribution is -2.49. The van der Waals surface area contributed by atoms with E-state index in [1.165, 1.54) is 13.4 Å². The van der Waals surface area contributed by atoms with Crippen LogP contribution in [0.25, 0.3) is 11.1 Å². The Kier molecular flexibility index (Phi) is 7.80. The number of anilines is 1. The molecule has 0 spiro atoms. The summed E-state index contributed by atoms with van der Waals surface area (Å²) in [5.74, 6) is 0.559. The number of furan rings is 1. The van der Waals surface area contributed by atoms with Gasteiger partial charge in [0.05, 0.1) is 51.3 Å². The monoisotopic (exact) mass is 482 g/mol. The molecule has 1 aromatic heterocycles. The third-order valence-corrected chi connectivity index (χ3v) is 7.48. The van der Waals surface area contributed by atoms with Crippen molar-refractivity contribution in [3.05, 3.63) is 48.1 Å². The first-order valence-corrected chi connectivity index (χ1v) is 12.1. The Balaban J connectivity index is 1.61. The molecule has 8 nitrogen and oxygen atoms in total. The van der Waals surface area contributed by atoms with Gasteiger partial charge in [-0.2, -0.15) is 0 Å². The van der Waals surface area contributed by atoms with Crippen molar-refractivity contribution in [1.29, 1.82) is 0 Å². The van der Waals surface area contributed by atoms with Crippen LogP contribution in [0.3, 0.4) is 0 Å². The van der Waals surface area contributed by atoms with Gasteiger partial charge < -0.3 is 23.9 Å². The highest BCUT2D eigenvalue weighted by molar-refractivity contribution is 5.93. The van der Waals surface area contributed by atoms with E-state index in [0.29, 0.717) is 22.8 Å². The van der Waals surface area contributed by atoms with Gasteiger partial charge in [0.15, 0.2) is 6.29 Å². The second-order valence-corrected chi connectivity index (χ2v) is 9.15. The van der Waals surface area contributed by atoms with Crippen LogP contribution in [-0.4, -0.2) is 63.7 Å². The molecule has 2 aliphatic heterocycles. The zero-order valence-corrected chi connectivity index (χ0v) is 20.8. The van der Waals surface area contributed by atoms with E-state index in [2.05, 4.69) is 17.1 Å². The van der Waals surface area contributed by atoms with Crippen molar-refractivity contribution in [3.63, 3.8) is 0 Å². The average Bonchev–Trinajstić information content (AvgIpc) is 3.56. The van der Waals surface area contributed by atoms with Crippen LogP contribution in [0.1, 0.15) is 36.5 Å². The Morgan fingerprint density at radius 3 is 2.71 bits per heavy atom. The highest BCUT2D eigenvalue weighted by Crippen LogP contribution is 2.42. The van der Waals surface area contributed by atoms with Crippen molar-refractivity contribution in [1.82, 2.24) is 4.90 Å². The first kappa shape index (κ1) is 24.9. The van der Waals surface area contributed by atoms with Crippen molar-refractivity contribution < 1.29 is 28.2 Å². The van der Waals surface area contributed by atoms with E-state index in [1.54, 1.807) is 26.7 Å². The number of hydrogen-bond donors (Lipinski definition) is 1. The van der Waals surface area contributed by atoms with Crippen LogP contribution in [0.4, 0.5) is 5.69 Å². The summed E-state index contributed by atoms with van der Waals surface area (Å²) < 4.78 is 21.2. The molecule has 2 fully saturated rings. The SMILES string of the molecule is CCC1CN2CCC(Nc3ccc(-c4ccoc4)c(OC)c3C=O)C2CC1/C(=C\OC)C(=O)OC. The number of esters is 1. The fourth-order valence-corrected chi connectivity index (χ4v) is 5.74. The summed E-state index contributed by atoms with van der Waals surface area (Å²) in [6.45, 7) is 4.04. The molecule has 35 heavy (non-hydrogen) atoms. The van der Waals surface area contributed by atoms with Crippen LogP contribution < -0.4 is 10.1 Å². The average molecular weight is 483 g/mol. The number of methoxy groups -OCH3 is 3. The van der Waals surface area contributed by atoms with Gasteiger partial charge in [0, 0.05) is 42.0 Å². The molecule has 0 aliphatic carbocycles. The summed E-state index contributed by atoms with van der Waals surface area (Å²) in [5, 5.41) is 3.63. The van der Waals surface area contributed by atoms with Gasteiger partial charge in [0.2, 0.25) is 0 Å². The Morgan fingerprint density at radius 1 is 1.26 bits per heavy atom. The minimum atomic E-state index is -0.339. The topological polar surface area (TPSA) is 90.2 Å². The lowest BCUT2D eigenvalue weighted by Gasteiger charge is -2.42. The molecular weight excluding hydrogens is 448 g/mol. The molecule has 2 aromatic rings. The molecule has 188 valence electrons. The minimum Gasteiger partial charge on any atom is -0.504 e. The van der Waals surface area contributed by atoms with Gasteiger partial charge in [-0.15, -0.1) is 0 Å². The molecule has 4 atom stereocenters. The molecule has 1 aromatic carbocycles. The third-order valence-electron chi connectivity index (χ3n) is 7.48. The molecule has 0 amide bonds. The summed E-state index contributed by atoms with van der Waals surface area (Å²) in [6.07, 6.45) is 8.32. The number of carbonyl (C=O) groups is 2. The lowest BCUT2D eigenvalue weighted by atomic mass is 9.75. The molecule has 0 radical (unpaired) electrons. The van der Waals surface area contributed by atoms with Crippen molar-refractivity contribution in [2.75, 3.05) is 39.7 Å². The summed E-state index contributed by atoms with van der Waals surface area (Å²) >= 11 is 0. The zero-order chi connectivity index (χ0) is 24.9. The largest absolute Gasteiger partial charge is 0.504 e. The molecule has 2 aliphatic rings. The minimum absolute atomic E-state index is 0.0413. The third kappa shape index (κ3) is 4.80. The first-order chi connectivity index (χ1) is 17.1. The van der Waals surface area contributed by atoms with Crippen LogP contribution in [-0.2, 0) is 14.3 Å². The fraction of sp³-hybridized carbons (Fsp3) is 0.481. The van der Waals surface area contributed by atoms with Gasteiger partial charge in [-0.25, -0.2) is 4.79 Å². The van der Waals surface area contributed by atoms with E-state index in [0.717, 1.165) is 55.5 Å². The Bertz CT molecular complexity index is 1060. The van der Waals surface area contributed by atoms with Gasteiger partial charge in [0.25, 0.3) is 0 Å². The van der Waals surface area contributed by atoms with Crippen molar-refractivity contribution in [3.8, 4) is 16.9 Å². The number of carbonyl (C=O) groups excluding carboxylic acids is 2. The van der Waals surface area contributed by atoms with E-state index in [4.69, 9.17) is 18.6 Å². The number of ether oxygens (including phenoxy) is 3. The Hall–Kier alpha value is -3.26. The quantitative estimate of drug-likeness (QED) is 0.244. The van der Waals surface area contributed by atoms with E-state index in [9.17, 15) is 9.59 Å². The first-order valence-electron chi connectivity index (χ1n) is 12.1. The highest BCUT2D eigenvalue weighted by atomic mass is 16.5. The molecule has 8 heteroatoms. The summed E-state index contributed by atoms with van der Waals surface area (Å²) in [7, 11) is 4.53. The second-order valence-electron chi connectivity index (χ2n) is 9.15. The molecule has 4 rings (SSSR count). The Labute approximate surface area is 206 Å². The molecule has 0 bridgehead atoms. The maximum atomic E-state index is 12.6. The van der Waals surface area contributed by atoms with Crippen LogP contribution in [0.5, 0.6) is 5.75 Å². The number of nitrogens with one attached hydrogen (secondary N) is 1. The molecule has 2 saturated heterocycles. The highest BCUT2D eigenvalue weighted by Gasteiger charge is 2.45. The van der Waals surface area contributed by atoms with Gasteiger partial charge in [0.1, 0.15) is 5.75 Å². The zero-order valence-electron chi connectivity index (χ0n) is 20.8. The van der Waals surface area contributed by atoms with Crippen molar-refractivity contribution in [2.24, 2.45) is 11.8 Å². The smallest absolute Gasteiger partial charge is 0.337 e. The number of hydrogen-bond acceptors (Lipinski definition) is 8. The number of benzene rings is 1.